The van der Waals surface area contributed by atoms with Crippen molar-refractivity contribution in [3.05, 3.63) is 23.4 Å². The average Bonchev–Trinajstić information content (AvgIpc) is 2.15. The van der Waals surface area contributed by atoms with Crippen LogP contribution in [0.3, 0.4) is 0 Å². The number of aromatic nitrogens is 1. The van der Waals surface area contributed by atoms with Gasteiger partial charge in [-0.25, -0.2) is 4.98 Å². The fraction of sp³-hybridized carbons (Fsp3) is 0.444. The van der Waals surface area contributed by atoms with Crippen LogP contribution < -0.4 is 10.5 Å². The van der Waals surface area contributed by atoms with E-state index in [-0.39, 0.29) is 5.88 Å². The van der Waals surface area contributed by atoms with Gasteiger partial charge in [0.05, 0.1) is 7.11 Å². The fourth-order valence-corrected chi connectivity index (χ4v) is 1.12. The number of alkyl halides is 3. The van der Waals surface area contributed by atoms with Crippen LogP contribution >= 0.6 is 0 Å². The number of hydrogen-bond acceptors (Lipinski definition) is 3. The molecule has 0 radical (unpaired) electrons. The number of pyridine rings is 1. The molecule has 15 heavy (non-hydrogen) atoms. The van der Waals surface area contributed by atoms with Gasteiger partial charge in [-0.2, -0.15) is 13.2 Å². The Balaban J connectivity index is 3.19. The average molecular weight is 220 g/mol. The number of hydrogen-bond donors (Lipinski definition) is 1. The third-order valence-electron chi connectivity index (χ3n) is 1.86. The van der Waals surface area contributed by atoms with Crippen LogP contribution in [0, 0.1) is 0 Å². The second kappa shape index (κ2) is 4.06. The molecule has 0 aliphatic rings. The zero-order valence-electron chi connectivity index (χ0n) is 8.30. The number of methoxy groups -OCH3 is 1. The van der Waals surface area contributed by atoms with Crippen LogP contribution in [0.2, 0.25) is 0 Å². The van der Waals surface area contributed by atoms with Crippen molar-refractivity contribution >= 4 is 0 Å². The number of halogens is 3. The molecule has 0 saturated carbocycles. The van der Waals surface area contributed by atoms with E-state index < -0.39 is 17.9 Å². The molecule has 2 N–H and O–H groups in total. The Labute approximate surface area is 85.1 Å². The summed E-state index contributed by atoms with van der Waals surface area (Å²) in [5.41, 5.74) is 5.01. The van der Waals surface area contributed by atoms with Crippen LogP contribution in [0.1, 0.15) is 24.2 Å². The van der Waals surface area contributed by atoms with E-state index >= 15 is 0 Å². The fourth-order valence-electron chi connectivity index (χ4n) is 1.12. The first-order valence-corrected chi connectivity index (χ1v) is 4.24. The minimum atomic E-state index is -4.47. The number of nitrogens with two attached hydrogens (primary N) is 1. The molecule has 1 atom stereocenters. The van der Waals surface area contributed by atoms with E-state index in [9.17, 15) is 13.2 Å². The van der Waals surface area contributed by atoms with Crippen LogP contribution in [0.15, 0.2) is 12.1 Å². The van der Waals surface area contributed by atoms with Gasteiger partial charge in [0.1, 0.15) is 5.69 Å². The van der Waals surface area contributed by atoms with Gasteiger partial charge < -0.3 is 10.5 Å². The SMILES string of the molecule is COc1nc(C(F)(F)F)ccc1C(C)N. The van der Waals surface area contributed by atoms with E-state index in [2.05, 4.69) is 4.98 Å². The molecule has 1 aromatic rings. The van der Waals surface area contributed by atoms with Gasteiger partial charge in [-0.1, -0.05) is 0 Å². The van der Waals surface area contributed by atoms with Gasteiger partial charge in [0.25, 0.3) is 0 Å². The second-order valence-corrected chi connectivity index (χ2v) is 3.08. The third-order valence-corrected chi connectivity index (χ3v) is 1.86. The van der Waals surface area contributed by atoms with E-state index in [4.69, 9.17) is 10.5 Å². The van der Waals surface area contributed by atoms with Gasteiger partial charge >= 0.3 is 6.18 Å². The van der Waals surface area contributed by atoms with E-state index in [0.29, 0.717) is 5.56 Å². The van der Waals surface area contributed by atoms with Gasteiger partial charge in [0, 0.05) is 11.6 Å². The van der Waals surface area contributed by atoms with E-state index in [1.54, 1.807) is 6.92 Å². The van der Waals surface area contributed by atoms with Gasteiger partial charge in [0.2, 0.25) is 5.88 Å². The molecule has 0 aliphatic carbocycles. The maximum absolute atomic E-state index is 12.3. The van der Waals surface area contributed by atoms with Crippen LogP contribution in [-0.4, -0.2) is 12.1 Å². The highest BCUT2D eigenvalue weighted by molar-refractivity contribution is 5.31. The lowest BCUT2D eigenvalue weighted by Gasteiger charge is -2.13. The summed E-state index contributed by atoms with van der Waals surface area (Å²) >= 11 is 0. The first-order chi connectivity index (χ1) is 6.86. The Morgan fingerprint density at radius 3 is 2.40 bits per heavy atom. The van der Waals surface area contributed by atoms with Crippen molar-refractivity contribution in [2.75, 3.05) is 7.11 Å². The molecule has 1 aromatic heterocycles. The molecule has 1 unspecified atom stereocenters. The Bertz CT molecular complexity index is 350. The summed E-state index contributed by atoms with van der Waals surface area (Å²) in [6, 6.07) is 1.75. The van der Waals surface area contributed by atoms with Crippen LogP contribution in [0.5, 0.6) is 5.88 Å². The molecule has 0 amide bonds. The predicted octanol–water partition coefficient (Wildman–Crippen LogP) is 2.13. The van der Waals surface area contributed by atoms with Gasteiger partial charge in [0.15, 0.2) is 0 Å². The summed E-state index contributed by atoms with van der Waals surface area (Å²) in [4.78, 5) is 3.36. The lowest BCUT2D eigenvalue weighted by atomic mass is 10.1. The van der Waals surface area contributed by atoms with Crippen LogP contribution in [-0.2, 0) is 6.18 Å². The maximum Gasteiger partial charge on any atom is 0.433 e. The van der Waals surface area contributed by atoms with Crippen molar-refractivity contribution < 1.29 is 17.9 Å². The summed E-state index contributed by atoms with van der Waals surface area (Å²) in [7, 11) is 1.26. The zero-order chi connectivity index (χ0) is 11.6. The molecule has 0 aromatic carbocycles. The van der Waals surface area contributed by atoms with E-state index in [1.165, 1.54) is 13.2 Å². The molecule has 3 nitrogen and oxygen atoms in total. The van der Waals surface area contributed by atoms with Gasteiger partial charge in [-0.05, 0) is 19.1 Å². The van der Waals surface area contributed by atoms with Crippen LogP contribution in [0.4, 0.5) is 13.2 Å². The Kier molecular flexibility index (Phi) is 3.18. The van der Waals surface area contributed by atoms with Crippen molar-refractivity contribution in [2.24, 2.45) is 5.73 Å². The van der Waals surface area contributed by atoms with Crippen LogP contribution in [0.25, 0.3) is 0 Å². The smallest absolute Gasteiger partial charge is 0.433 e. The molecule has 84 valence electrons. The molecule has 0 fully saturated rings. The maximum atomic E-state index is 12.3. The quantitative estimate of drug-likeness (QED) is 0.830. The number of nitrogens with zero attached hydrogens (tertiary/aromatic N) is 1. The van der Waals surface area contributed by atoms with Crippen molar-refractivity contribution in [1.29, 1.82) is 0 Å². The molecule has 1 rings (SSSR count). The van der Waals surface area contributed by atoms with Gasteiger partial charge in [-0.3, -0.25) is 0 Å². The molecule has 0 saturated heterocycles. The second-order valence-electron chi connectivity index (χ2n) is 3.08. The van der Waals surface area contributed by atoms with Crippen molar-refractivity contribution in [3.8, 4) is 5.88 Å². The van der Waals surface area contributed by atoms with Gasteiger partial charge in [-0.15, -0.1) is 0 Å². The standard InChI is InChI=1S/C9H11F3N2O/c1-5(13)6-3-4-7(9(10,11)12)14-8(6)15-2/h3-5H,13H2,1-2H3. The highest BCUT2D eigenvalue weighted by atomic mass is 19.4. The summed E-state index contributed by atoms with van der Waals surface area (Å²) in [6.07, 6.45) is -4.47. The summed E-state index contributed by atoms with van der Waals surface area (Å²) in [5, 5.41) is 0. The van der Waals surface area contributed by atoms with Crippen molar-refractivity contribution in [3.63, 3.8) is 0 Å². The molecule has 0 bridgehead atoms. The third kappa shape index (κ3) is 2.59. The highest BCUT2D eigenvalue weighted by Gasteiger charge is 2.33. The lowest BCUT2D eigenvalue weighted by Crippen LogP contribution is -2.13. The highest BCUT2D eigenvalue weighted by Crippen LogP contribution is 2.31. The first-order valence-electron chi connectivity index (χ1n) is 4.24. The molecular weight excluding hydrogens is 209 g/mol. The lowest BCUT2D eigenvalue weighted by molar-refractivity contribution is -0.141. The molecule has 0 spiro atoms. The van der Waals surface area contributed by atoms with Crippen molar-refractivity contribution in [2.45, 2.75) is 19.1 Å². The Hall–Kier alpha value is -1.30. The molecular formula is C9H11F3N2O. The number of rotatable bonds is 2. The summed E-state index contributed by atoms with van der Waals surface area (Å²) in [6.45, 7) is 1.65. The normalized spacial score (nSPS) is 13.7. The molecule has 6 heteroatoms. The Morgan fingerprint density at radius 1 is 1.40 bits per heavy atom. The van der Waals surface area contributed by atoms with E-state index in [0.717, 1.165) is 6.07 Å². The zero-order valence-corrected chi connectivity index (χ0v) is 8.30. The number of ether oxygens (including phenoxy) is 1. The van der Waals surface area contributed by atoms with Crippen molar-refractivity contribution in [1.82, 2.24) is 4.98 Å². The largest absolute Gasteiger partial charge is 0.481 e. The topological polar surface area (TPSA) is 48.1 Å². The minimum absolute atomic E-state index is 0.0835. The minimum Gasteiger partial charge on any atom is -0.481 e. The van der Waals surface area contributed by atoms with E-state index in [1.807, 2.05) is 0 Å². The molecule has 0 aliphatic heterocycles. The monoisotopic (exact) mass is 220 g/mol. The Morgan fingerprint density at radius 2 is 2.00 bits per heavy atom. The summed E-state index contributed by atoms with van der Waals surface area (Å²) < 4.78 is 41.6. The predicted molar refractivity (Wildman–Crippen MR) is 48.4 cm³/mol. The molecule has 1 heterocycles. The summed E-state index contributed by atoms with van der Waals surface area (Å²) in [5.74, 6) is -0.0835. The first kappa shape index (κ1) is 11.8.